The molecule has 1 atom stereocenters. The smallest absolute Gasteiger partial charge is 0.261 e. The molecule has 2 amide bonds. The highest BCUT2D eigenvalue weighted by molar-refractivity contribution is 9.10. The molecule has 1 unspecified atom stereocenters. The molecule has 190 valence electrons. The van der Waals surface area contributed by atoms with Crippen LogP contribution in [0.5, 0.6) is 5.75 Å². The lowest BCUT2D eigenvalue weighted by atomic mass is 10.0. The minimum atomic E-state index is -0.671. The fraction of sp³-hybridized carbons (Fsp3) is 0.333. The SMILES string of the molecule is Cc1ccc(CN(C(=O)COc2ccc(Br)c(C)c2)C(Cc2ccccc2)C(=O)NCC(C)C)cc1. The van der Waals surface area contributed by atoms with Crippen LogP contribution in [0.3, 0.4) is 0 Å². The van der Waals surface area contributed by atoms with E-state index in [1.165, 1.54) is 0 Å². The van der Waals surface area contributed by atoms with E-state index in [1.807, 2.05) is 86.6 Å². The Labute approximate surface area is 223 Å². The largest absolute Gasteiger partial charge is 0.484 e. The Morgan fingerprint density at radius 1 is 0.944 bits per heavy atom. The molecule has 0 aliphatic carbocycles. The van der Waals surface area contributed by atoms with E-state index in [0.717, 1.165) is 26.7 Å². The zero-order valence-corrected chi connectivity index (χ0v) is 23.0. The van der Waals surface area contributed by atoms with Gasteiger partial charge in [0.2, 0.25) is 5.91 Å². The van der Waals surface area contributed by atoms with Gasteiger partial charge in [-0.2, -0.15) is 0 Å². The lowest BCUT2D eigenvalue weighted by molar-refractivity contribution is -0.142. The first-order chi connectivity index (χ1) is 17.2. The van der Waals surface area contributed by atoms with E-state index in [4.69, 9.17) is 4.74 Å². The van der Waals surface area contributed by atoms with Crippen molar-refractivity contribution in [3.8, 4) is 5.75 Å². The number of rotatable bonds is 11. The molecule has 1 N–H and O–H groups in total. The molecular formula is C30H35BrN2O3. The average molecular weight is 552 g/mol. The van der Waals surface area contributed by atoms with Gasteiger partial charge < -0.3 is 15.0 Å². The van der Waals surface area contributed by atoms with Crippen molar-refractivity contribution in [1.29, 1.82) is 0 Å². The number of nitrogens with one attached hydrogen (secondary N) is 1. The summed E-state index contributed by atoms with van der Waals surface area (Å²) in [5.74, 6) is 0.518. The van der Waals surface area contributed by atoms with Crippen molar-refractivity contribution in [3.05, 3.63) is 99.5 Å². The molecule has 0 saturated carbocycles. The molecule has 0 bridgehead atoms. The van der Waals surface area contributed by atoms with Gasteiger partial charge in [-0.15, -0.1) is 0 Å². The molecule has 0 spiro atoms. The van der Waals surface area contributed by atoms with Crippen LogP contribution >= 0.6 is 15.9 Å². The summed E-state index contributed by atoms with van der Waals surface area (Å²) in [6, 6.07) is 22.8. The molecule has 36 heavy (non-hydrogen) atoms. The number of nitrogens with zero attached hydrogens (tertiary/aromatic N) is 1. The molecule has 0 aliphatic rings. The van der Waals surface area contributed by atoms with Crippen LogP contribution in [0.15, 0.2) is 77.3 Å². The lowest BCUT2D eigenvalue weighted by Gasteiger charge is -2.31. The van der Waals surface area contributed by atoms with Crippen LogP contribution in [0.25, 0.3) is 0 Å². The normalized spacial score (nSPS) is 11.7. The van der Waals surface area contributed by atoms with Crippen molar-refractivity contribution in [2.24, 2.45) is 5.92 Å². The van der Waals surface area contributed by atoms with Gasteiger partial charge in [0.25, 0.3) is 5.91 Å². The van der Waals surface area contributed by atoms with Gasteiger partial charge in [0.1, 0.15) is 11.8 Å². The third kappa shape index (κ3) is 8.23. The molecule has 0 aliphatic heterocycles. The standard InChI is InChI=1S/C30H35BrN2O3/c1-21(2)18-32-30(35)28(17-24-8-6-5-7-9-24)33(19-25-12-10-22(3)11-13-25)29(34)20-36-26-14-15-27(31)23(4)16-26/h5-16,21,28H,17-20H2,1-4H3,(H,32,35). The van der Waals surface area contributed by atoms with Gasteiger partial charge in [0.15, 0.2) is 6.61 Å². The maximum absolute atomic E-state index is 13.6. The van der Waals surface area contributed by atoms with Crippen LogP contribution in [-0.2, 0) is 22.6 Å². The Morgan fingerprint density at radius 2 is 1.64 bits per heavy atom. The van der Waals surface area contributed by atoms with Crippen molar-refractivity contribution < 1.29 is 14.3 Å². The maximum atomic E-state index is 13.6. The molecule has 0 fully saturated rings. The second kappa shape index (κ2) is 13.3. The van der Waals surface area contributed by atoms with E-state index in [1.54, 1.807) is 4.90 Å². The van der Waals surface area contributed by atoms with Crippen LogP contribution in [0.1, 0.15) is 36.1 Å². The zero-order chi connectivity index (χ0) is 26.1. The van der Waals surface area contributed by atoms with E-state index in [2.05, 4.69) is 35.1 Å². The lowest BCUT2D eigenvalue weighted by Crippen LogP contribution is -2.52. The summed E-state index contributed by atoms with van der Waals surface area (Å²) in [4.78, 5) is 28.7. The quantitative estimate of drug-likeness (QED) is 0.325. The summed E-state index contributed by atoms with van der Waals surface area (Å²) in [7, 11) is 0. The number of aryl methyl sites for hydroxylation is 2. The third-order valence-electron chi connectivity index (χ3n) is 5.92. The van der Waals surface area contributed by atoms with Crippen LogP contribution in [0.4, 0.5) is 0 Å². The van der Waals surface area contributed by atoms with Crippen LogP contribution in [0, 0.1) is 19.8 Å². The van der Waals surface area contributed by atoms with E-state index in [-0.39, 0.29) is 18.4 Å². The molecule has 3 rings (SSSR count). The molecular weight excluding hydrogens is 516 g/mol. The molecule has 0 saturated heterocycles. The highest BCUT2D eigenvalue weighted by Gasteiger charge is 2.30. The first kappa shape index (κ1) is 27.5. The van der Waals surface area contributed by atoms with Crippen LogP contribution < -0.4 is 10.1 Å². The minimum absolute atomic E-state index is 0.157. The monoisotopic (exact) mass is 550 g/mol. The molecule has 3 aromatic rings. The number of hydrogen-bond donors (Lipinski definition) is 1. The Bertz CT molecular complexity index is 1150. The number of ether oxygens (including phenoxy) is 1. The Hall–Kier alpha value is -3.12. The highest BCUT2D eigenvalue weighted by Crippen LogP contribution is 2.22. The average Bonchev–Trinajstić information content (AvgIpc) is 2.87. The van der Waals surface area contributed by atoms with Crippen molar-refractivity contribution in [3.63, 3.8) is 0 Å². The number of carbonyl (C=O) groups excluding carboxylic acids is 2. The van der Waals surface area contributed by atoms with Crippen molar-refractivity contribution in [2.75, 3.05) is 13.2 Å². The predicted octanol–water partition coefficient (Wildman–Crippen LogP) is 5.86. The molecule has 0 radical (unpaired) electrons. The molecule has 6 heteroatoms. The Balaban J connectivity index is 1.89. The van der Waals surface area contributed by atoms with Gasteiger partial charge in [-0.1, -0.05) is 89.9 Å². The van der Waals surface area contributed by atoms with Crippen molar-refractivity contribution in [1.82, 2.24) is 10.2 Å². The van der Waals surface area contributed by atoms with E-state index in [9.17, 15) is 9.59 Å². The second-order valence-corrected chi connectivity index (χ2v) is 10.4. The Kier molecular flexibility index (Phi) is 10.1. The molecule has 0 aromatic heterocycles. The number of carbonyl (C=O) groups is 2. The highest BCUT2D eigenvalue weighted by atomic mass is 79.9. The van der Waals surface area contributed by atoms with Gasteiger partial charge in [-0.25, -0.2) is 0 Å². The zero-order valence-electron chi connectivity index (χ0n) is 21.5. The van der Waals surface area contributed by atoms with Gasteiger partial charge in [0, 0.05) is 24.0 Å². The number of halogens is 1. The van der Waals surface area contributed by atoms with E-state index >= 15 is 0 Å². The van der Waals surface area contributed by atoms with Crippen molar-refractivity contribution >= 4 is 27.7 Å². The minimum Gasteiger partial charge on any atom is -0.484 e. The van der Waals surface area contributed by atoms with Gasteiger partial charge in [0.05, 0.1) is 0 Å². The molecule has 3 aromatic carbocycles. The summed E-state index contributed by atoms with van der Waals surface area (Å²) >= 11 is 3.49. The summed E-state index contributed by atoms with van der Waals surface area (Å²) in [6.45, 7) is 8.80. The summed E-state index contributed by atoms with van der Waals surface area (Å²) < 4.78 is 6.85. The second-order valence-electron chi connectivity index (χ2n) is 9.55. The maximum Gasteiger partial charge on any atom is 0.261 e. The fourth-order valence-electron chi connectivity index (χ4n) is 3.80. The number of hydrogen-bond acceptors (Lipinski definition) is 3. The van der Waals surface area contributed by atoms with E-state index < -0.39 is 6.04 Å². The Morgan fingerprint density at radius 3 is 2.28 bits per heavy atom. The van der Waals surface area contributed by atoms with Crippen LogP contribution in [-0.4, -0.2) is 35.9 Å². The third-order valence-corrected chi connectivity index (χ3v) is 6.81. The molecule has 5 nitrogen and oxygen atoms in total. The summed E-state index contributed by atoms with van der Waals surface area (Å²) in [5.41, 5.74) is 4.11. The molecule has 0 heterocycles. The fourth-order valence-corrected chi connectivity index (χ4v) is 4.05. The van der Waals surface area contributed by atoms with Gasteiger partial charge in [-0.05, 0) is 54.7 Å². The number of amides is 2. The van der Waals surface area contributed by atoms with Crippen LogP contribution in [0.2, 0.25) is 0 Å². The van der Waals surface area contributed by atoms with Crippen molar-refractivity contribution in [2.45, 2.75) is 46.7 Å². The number of benzene rings is 3. The first-order valence-electron chi connectivity index (χ1n) is 12.3. The first-order valence-corrected chi connectivity index (χ1v) is 13.1. The summed E-state index contributed by atoms with van der Waals surface area (Å²) in [5, 5.41) is 3.04. The topological polar surface area (TPSA) is 58.6 Å². The van der Waals surface area contributed by atoms with Gasteiger partial charge >= 0.3 is 0 Å². The van der Waals surface area contributed by atoms with Gasteiger partial charge in [-0.3, -0.25) is 9.59 Å². The summed E-state index contributed by atoms with van der Waals surface area (Å²) in [6.07, 6.45) is 0.416. The predicted molar refractivity (Wildman–Crippen MR) is 148 cm³/mol. The van der Waals surface area contributed by atoms with E-state index in [0.29, 0.717) is 31.2 Å².